The van der Waals surface area contributed by atoms with E-state index < -0.39 is 6.04 Å². The van der Waals surface area contributed by atoms with Gasteiger partial charge in [-0.15, -0.1) is 0 Å². The van der Waals surface area contributed by atoms with Gasteiger partial charge in [0.15, 0.2) is 5.11 Å². The van der Waals surface area contributed by atoms with E-state index in [0.29, 0.717) is 16.4 Å². The number of hydrogen-bond donors (Lipinski definition) is 4. The van der Waals surface area contributed by atoms with E-state index in [1.807, 2.05) is 32.9 Å². The largest absolute Gasteiger partial charge is 0.508 e. The van der Waals surface area contributed by atoms with Gasteiger partial charge in [-0.2, -0.15) is 0 Å². The first-order chi connectivity index (χ1) is 12.3. The first-order valence-corrected chi connectivity index (χ1v) is 8.71. The first-order valence-electron chi connectivity index (χ1n) is 8.30. The van der Waals surface area contributed by atoms with Gasteiger partial charge in [0.05, 0.1) is 11.6 Å². The molecule has 1 heterocycles. The molecule has 1 aliphatic rings. The van der Waals surface area contributed by atoms with Gasteiger partial charge in [-0.1, -0.05) is 18.2 Å². The van der Waals surface area contributed by atoms with E-state index in [1.54, 1.807) is 24.3 Å². The summed E-state index contributed by atoms with van der Waals surface area (Å²) < 4.78 is 0. The maximum absolute atomic E-state index is 13.0. The minimum atomic E-state index is -0.393. The summed E-state index contributed by atoms with van der Waals surface area (Å²) in [5.41, 5.74) is 5.03. The van der Waals surface area contributed by atoms with E-state index >= 15 is 0 Å². The second-order valence-corrected chi connectivity index (χ2v) is 6.90. The molecule has 0 spiro atoms. The molecule has 1 amide bonds. The molecule has 134 valence electrons. The molecule has 0 radical (unpaired) electrons. The third-order valence-electron chi connectivity index (χ3n) is 4.22. The lowest BCUT2D eigenvalue weighted by Gasteiger charge is -2.30. The van der Waals surface area contributed by atoms with Crippen LogP contribution in [0.3, 0.4) is 0 Å². The Bertz CT molecular complexity index is 884. The number of thiocarbonyl (C=S) groups is 1. The van der Waals surface area contributed by atoms with Crippen LogP contribution in [0.5, 0.6) is 5.75 Å². The fourth-order valence-electron chi connectivity index (χ4n) is 3.16. The Labute approximate surface area is 158 Å². The standard InChI is InChI=1S/C20H21N3O2S/c1-11-8-12(2)10-15(9-11)22-19(25)17-13(3)21-20(26)23-18(17)14-4-6-16(24)7-5-14/h4-10,18,24H,1-3H3,(H,22,25)(H2,21,23,26)/t18-/m1/s1. The minimum Gasteiger partial charge on any atom is -0.508 e. The Morgan fingerprint density at radius 2 is 1.69 bits per heavy atom. The van der Waals surface area contributed by atoms with Crippen molar-refractivity contribution in [2.75, 3.05) is 5.32 Å². The van der Waals surface area contributed by atoms with Crippen LogP contribution in [0.15, 0.2) is 53.7 Å². The second-order valence-electron chi connectivity index (χ2n) is 6.49. The smallest absolute Gasteiger partial charge is 0.255 e. The fourth-order valence-corrected chi connectivity index (χ4v) is 3.43. The number of phenolic OH excluding ortho intramolecular Hbond substituents is 1. The highest BCUT2D eigenvalue weighted by molar-refractivity contribution is 7.80. The molecule has 0 bridgehead atoms. The summed E-state index contributed by atoms with van der Waals surface area (Å²) in [6.07, 6.45) is 0. The average Bonchev–Trinajstić information content (AvgIpc) is 2.53. The molecule has 2 aromatic carbocycles. The summed E-state index contributed by atoms with van der Waals surface area (Å²) in [5, 5.41) is 19.1. The number of hydrogen-bond acceptors (Lipinski definition) is 3. The molecule has 0 aromatic heterocycles. The zero-order chi connectivity index (χ0) is 18.8. The number of amides is 1. The van der Waals surface area contributed by atoms with Crippen LogP contribution < -0.4 is 16.0 Å². The topological polar surface area (TPSA) is 73.4 Å². The van der Waals surface area contributed by atoms with E-state index in [-0.39, 0.29) is 11.7 Å². The molecule has 4 N–H and O–H groups in total. The van der Waals surface area contributed by atoms with Gasteiger partial charge in [-0.25, -0.2) is 0 Å². The van der Waals surface area contributed by atoms with Crippen molar-refractivity contribution in [3.05, 3.63) is 70.4 Å². The molecule has 3 rings (SSSR count). The Kier molecular flexibility index (Phi) is 4.95. The predicted octanol–water partition coefficient (Wildman–Crippen LogP) is 3.44. The lowest BCUT2D eigenvalue weighted by molar-refractivity contribution is -0.113. The van der Waals surface area contributed by atoms with Crippen molar-refractivity contribution in [3.63, 3.8) is 0 Å². The van der Waals surface area contributed by atoms with Crippen molar-refractivity contribution < 1.29 is 9.90 Å². The molecule has 6 heteroatoms. The number of nitrogens with one attached hydrogen (secondary N) is 3. The van der Waals surface area contributed by atoms with Gasteiger partial charge in [-0.3, -0.25) is 4.79 Å². The molecule has 2 aromatic rings. The van der Waals surface area contributed by atoms with Crippen LogP contribution in [0.2, 0.25) is 0 Å². The number of anilines is 1. The van der Waals surface area contributed by atoms with Crippen LogP contribution >= 0.6 is 12.2 Å². The van der Waals surface area contributed by atoms with Crippen LogP contribution in [-0.4, -0.2) is 16.1 Å². The van der Waals surface area contributed by atoms with E-state index in [0.717, 1.165) is 22.4 Å². The van der Waals surface area contributed by atoms with Gasteiger partial charge in [0, 0.05) is 11.4 Å². The molecule has 0 fully saturated rings. The summed E-state index contributed by atoms with van der Waals surface area (Å²) in [7, 11) is 0. The SMILES string of the molecule is CC1=C(C(=O)Nc2cc(C)cc(C)c2)[C@@H](c2ccc(O)cc2)NC(=S)N1. The molecule has 26 heavy (non-hydrogen) atoms. The number of carbonyl (C=O) groups is 1. The average molecular weight is 367 g/mol. The second kappa shape index (κ2) is 7.17. The first kappa shape index (κ1) is 17.9. The monoisotopic (exact) mass is 367 g/mol. The Morgan fingerprint density at radius 3 is 2.31 bits per heavy atom. The zero-order valence-electron chi connectivity index (χ0n) is 14.9. The van der Waals surface area contributed by atoms with E-state index in [4.69, 9.17) is 12.2 Å². The molecule has 1 aliphatic heterocycles. The molecule has 0 saturated heterocycles. The quantitative estimate of drug-likeness (QED) is 0.626. The van der Waals surface area contributed by atoms with Crippen LogP contribution in [-0.2, 0) is 4.79 Å². The van der Waals surface area contributed by atoms with Gasteiger partial charge in [0.2, 0.25) is 0 Å². The third-order valence-corrected chi connectivity index (χ3v) is 4.44. The van der Waals surface area contributed by atoms with Gasteiger partial charge >= 0.3 is 0 Å². The number of benzene rings is 2. The fraction of sp³-hybridized carbons (Fsp3) is 0.200. The molecule has 0 aliphatic carbocycles. The van der Waals surface area contributed by atoms with Crippen molar-refractivity contribution in [3.8, 4) is 5.75 Å². The number of aromatic hydroxyl groups is 1. The molecule has 5 nitrogen and oxygen atoms in total. The van der Waals surface area contributed by atoms with Crippen LogP contribution in [0.25, 0.3) is 0 Å². The number of phenols is 1. The van der Waals surface area contributed by atoms with Crippen molar-refractivity contribution in [2.24, 2.45) is 0 Å². The van der Waals surface area contributed by atoms with Crippen molar-refractivity contribution in [1.82, 2.24) is 10.6 Å². The minimum absolute atomic E-state index is 0.173. The Balaban J connectivity index is 1.95. The maximum atomic E-state index is 13.0. The van der Waals surface area contributed by atoms with E-state index in [1.165, 1.54) is 0 Å². The number of aryl methyl sites for hydroxylation is 2. The molecule has 0 saturated carbocycles. The van der Waals surface area contributed by atoms with Crippen LogP contribution in [0, 0.1) is 13.8 Å². The third kappa shape index (κ3) is 3.86. The molecular formula is C20H21N3O2S. The molecule has 1 atom stereocenters. The Hall–Kier alpha value is -2.86. The van der Waals surface area contributed by atoms with E-state index in [2.05, 4.69) is 22.0 Å². The van der Waals surface area contributed by atoms with Crippen LogP contribution in [0.1, 0.15) is 29.7 Å². The van der Waals surface area contributed by atoms with Crippen molar-refractivity contribution >= 4 is 28.9 Å². The molecular weight excluding hydrogens is 346 g/mol. The number of allylic oxidation sites excluding steroid dienone is 1. The summed E-state index contributed by atoms with van der Waals surface area (Å²) in [6, 6.07) is 12.3. The van der Waals surface area contributed by atoms with Crippen molar-refractivity contribution in [2.45, 2.75) is 26.8 Å². The highest BCUT2D eigenvalue weighted by Crippen LogP contribution is 2.29. The lowest BCUT2D eigenvalue weighted by Crippen LogP contribution is -2.45. The maximum Gasteiger partial charge on any atom is 0.255 e. The summed E-state index contributed by atoms with van der Waals surface area (Å²) in [5.74, 6) is -0.0275. The number of rotatable bonds is 3. The summed E-state index contributed by atoms with van der Waals surface area (Å²) in [6.45, 7) is 5.82. The zero-order valence-corrected chi connectivity index (χ0v) is 15.7. The Morgan fingerprint density at radius 1 is 1.08 bits per heavy atom. The highest BCUT2D eigenvalue weighted by atomic mass is 32.1. The van der Waals surface area contributed by atoms with Crippen LogP contribution in [0.4, 0.5) is 5.69 Å². The van der Waals surface area contributed by atoms with Gasteiger partial charge in [0.25, 0.3) is 5.91 Å². The summed E-state index contributed by atoms with van der Waals surface area (Å²) in [4.78, 5) is 13.0. The normalized spacial score (nSPS) is 16.7. The molecule has 0 unspecified atom stereocenters. The van der Waals surface area contributed by atoms with Crippen molar-refractivity contribution in [1.29, 1.82) is 0 Å². The van der Waals surface area contributed by atoms with Gasteiger partial charge < -0.3 is 21.1 Å². The predicted molar refractivity (Wildman–Crippen MR) is 107 cm³/mol. The number of carbonyl (C=O) groups excluding carboxylic acids is 1. The van der Waals surface area contributed by atoms with Gasteiger partial charge in [0.1, 0.15) is 5.75 Å². The van der Waals surface area contributed by atoms with Gasteiger partial charge in [-0.05, 0) is 73.9 Å². The lowest BCUT2D eigenvalue weighted by atomic mass is 9.94. The van der Waals surface area contributed by atoms with E-state index in [9.17, 15) is 9.90 Å². The summed E-state index contributed by atoms with van der Waals surface area (Å²) >= 11 is 5.25. The highest BCUT2D eigenvalue weighted by Gasteiger charge is 2.29.